The minimum Gasteiger partial charge on any atom is -0.416 e. The quantitative estimate of drug-likeness (QED) is 0.382. The number of ether oxygens (including phenoxy) is 1. The molecule has 3 rings (SSSR count). The van der Waals surface area contributed by atoms with E-state index in [-0.39, 0.29) is 22.6 Å². The van der Waals surface area contributed by atoms with Crippen LogP contribution in [0.25, 0.3) is 0 Å². The molecule has 0 spiro atoms. The number of hydrogen-bond donors (Lipinski definition) is 2. The van der Waals surface area contributed by atoms with Gasteiger partial charge in [-0.15, -0.1) is 0 Å². The Kier molecular flexibility index (Phi) is 7.57. The number of benzene rings is 2. The van der Waals surface area contributed by atoms with Crippen molar-refractivity contribution in [1.82, 2.24) is 10.3 Å². The minimum absolute atomic E-state index is 0.000445. The Hall–Kier alpha value is -3.68. The Morgan fingerprint density at radius 1 is 1.08 bits per heavy atom. The van der Waals surface area contributed by atoms with E-state index in [1.54, 1.807) is 4.72 Å². The molecule has 2 unspecified atom stereocenters. The van der Waals surface area contributed by atoms with Gasteiger partial charge < -0.3 is 14.5 Å². The van der Waals surface area contributed by atoms with E-state index < -0.39 is 57.5 Å². The maximum atomic E-state index is 14.2. The first-order valence-corrected chi connectivity index (χ1v) is 12.1. The van der Waals surface area contributed by atoms with E-state index in [1.807, 2.05) is 0 Å². The Morgan fingerprint density at radius 3 is 2.31 bits per heavy atom. The highest BCUT2D eigenvalue weighted by molar-refractivity contribution is 7.92. The molecule has 0 saturated carbocycles. The van der Waals surface area contributed by atoms with Crippen LogP contribution in [0.5, 0.6) is 11.8 Å². The van der Waals surface area contributed by atoms with Crippen molar-refractivity contribution in [3.05, 3.63) is 71.1 Å². The summed E-state index contributed by atoms with van der Waals surface area (Å²) in [6, 6.07) is 5.97. The van der Waals surface area contributed by atoms with Crippen molar-refractivity contribution in [3.63, 3.8) is 0 Å². The number of carbonyl (C=O) groups is 1. The molecule has 1 heterocycles. The number of nitrogens with zero attached hydrogens (tertiary/aromatic N) is 1. The van der Waals surface area contributed by atoms with Crippen molar-refractivity contribution in [1.29, 1.82) is 0 Å². The molecule has 0 radical (unpaired) electrons. The van der Waals surface area contributed by atoms with E-state index in [4.69, 9.17) is 9.15 Å². The van der Waals surface area contributed by atoms with Gasteiger partial charge in [0.05, 0.1) is 18.2 Å². The number of hydrogen-bond acceptors (Lipinski definition) is 6. The summed E-state index contributed by atoms with van der Waals surface area (Å²) in [7, 11) is -3.92. The molecule has 194 valence electrons. The highest BCUT2D eigenvalue weighted by atomic mass is 32.2. The molecule has 0 aliphatic rings. The maximum Gasteiger partial charge on any atom is 0.399 e. The number of amides is 1. The number of alkyl halides is 3. The summed E-state index contributed by atoms with van der Waals surface area (Å²) in [5.41, 5.74) is -1.18. The van der Waals surface area contributed by atoms with Crippen LogP contribution in [0.3, 0.4) is 0 Å². The van der Waals surface area contributed by atoms with E-state index in [0.717, 1.165) is 37.6 Å². The van der Waals surface area contributed by atoms with Crippen LogP contribution >= 0.6 is 0 Å². The topological polar surface area (TPSA) is 111 Å². The van der Waals surface area contributed by atoms with Gasteiger partial charge in [0.15, 0.2) is 17.3 Å². The number of halogens is 5. The fraction of sp³-hybridized carbons (Fsp3) is 0.273. The molecule has 0 aliphatic carbocycles. The van der Waals surface area contributed by atoms with E-state index >= 15 is 0 Å². The Balaban J connectivity index is 1.69. The maximum absolute atomic E-state index is 14.2. The minimum atomic E-state index is -4.44. The average Bonchev–Trinajstić information content (AvgIpc) is 3.23. The summed E-state index contributed by atoms with van der Waals surface area (Å²) in [5.74, 6) is -4.91. The van der Waals surface area contributed by atoms with Crippen LogP contribution in [0.2, 0.25) is 0 Å². The van der Waals surface area contributed by atoms with Gasteiger partial charge in [0.1, 0.15) is 17.7 Å². The molecule has 2 aromatic carbocycles. The highest BCUT2D eigenvalue weighted by Gasteiger charge is 2.37. The largest absolute Gasteiger partial charge is 0.416 e. The Morgan fingerprint density at radius 2 is 1.72 bits per heavy atom. The zero-order valence-corrected chi connectivity index (χ0v) is 19.8. The van der Waals surface area contributed by atoms with E-state index in [1.165, 1.54) is 25.1 Å². The highest BCUT2D eigenvalue weighted by Crippen LogP contribution is 2.36. The summed E-state index contributed by atoms with van der Waals surface area (Å²) in [4.78, 5) is 16.3. The van der Waals surface area contributed by atoms with Crippen molar-refractivity contribution < 1.29 is 44.3 Å². The lowest BCUT2D eigenvalue weighted by Crippen LogP contribution is -2.27. The summed E-state index contributed by atoms with van der Waals surface area (Å²) >= 11 is 0. The molecule has 1 amide bonds. The predicted molar refractivity (Wildman–Crippen MR) is 118 cm³/mol. The predicted octanol–water partition coefficient (Wildman–Crippen LogP) is 5.27. The van der Waals surface area contributed by atoms with Gasteiger partial charge in [-0.1, -0.05) is 12.1 Å². The lowest BCUT2D eigenvalue weighted by Gasteiger charge is -2.16. The van der Waals surface area contributed by atoms with Gasteiger partial charge in [0.25, 0.3) is 5.91 Å². The second kappa shape index (κ2) is 10.1. The fourth-order valence-corrected chi connectivity index (χ4v) is 3.59. The molecule has 0 bridgehead atoms. The molecule has 8 nitrogen and oxygen atoms in total. The summed E-state index contributed by atoms with van der Waals surface area (Å²) in [6.45, 7) is 2.42. The smallest absolute Gasteiger partial charge is 0.399 e. The van der Waals surface area contributed by atoms with Crippen molar-refractivity contribution in [3.8, 4) is 11.8 Å². The summed E-state index contributed by atoms with van der Waals surface area (Å²) in [6.07, 6.45) is -3.20. The first-order chi connectivity index (χ1) is 16.6. The number of sulfonamides is 1. The second-order valence-electron chi connectivity index (χ2n) is 7.87. The van der Waals surface area contributed by atoms with Gasteiger partial charge in [0.2, 0.25) is 10.0 Å². The first-order valence-electron chi connectivity index (χ1n) is 10.2. The van der Waals surface area contributed by atoms with Crippen molar-refractivity contribution in [2.75, 3.05) is 11.0 Å². The molecule has 1 aromatic heterocycles. The number of nitrogens with one attached hydrogen (secondary N) is 2. The van der Waals surface area contributed by atoms with Crippen molar-refractivity contribution >= 4 is 21.6 Å². The third-order valence-corrected chi connectivity index (χ3v) is 5.54. The molecule has 3 aromatic rings. The number of carbonyl (C=O) groups excluding carboxylic acids is 1. The fourth-order valence-electron chi connectivity index (χ4n) is 3.03. The van der Waals surface area contributed by atoms with Crippen molar-refractivity contribution in [2.45, 2.75) is 32.0 Å². The van der Waals surface area contributed by atoms with Gasteiger partial charge in [0, 0.05) is 0 Å². The molecule has 36 heavy (non-hydrogen) atoms. The standard InChI is InChI=1S/C22H20F5N3O5S/c1-11(22(25,26)27)13-5-4-6-15(7-13)35-21-29-18(10-34-21)20(31)28-12(2)14-8-16(23)19(17(24)9-14)30-36(3,32)33/h4-12,30H,1-3H3,(H,28,31). The molecular formula is C22H20F5N3O5S. The monoisotopic (exact) mass is 533 g/mol. The van der Waals surface area contributed by atoms with Gasteiger partial charge in [-0.3, -0.25) is 9.52 Å². The molecule has 0 saturated heterocycles. The molecule has 2 atom stereocenters. The average molecular weight is 533 g/mol. The van der Waals surface area contributed by atoms with Gasteiger partial charge in [-0.2, -0.15) is 18.2 Å². The first kappa shape index (κ1) is 26.9. The van der Waals surface area contributed by atoms with Crippen LogP contribution in [-0.4, -0.2) is 31.7 Å². The molecule has 2 N–H and O–H groups in total. The normalized spacial score (nSPS) is 13.7. The van der Waals surface area contributed by atoms with Crippen LogP contribution in [0.1, 0.15) is 47.4 Å². The molecule has 14 heteroatoms. The van der Waals surface area contributed by atoms with Crippen LogP contribution in [0.4, 0.5) is 27.6 Å². The molecule has 0 aliphatic heterocycles. The van der Waals surface area contributed by atoms with Gasteiger partial charge >= 0.3 is 12.3 Å². The van der Waals surface area contributed by atoms with Crippen molar-refractivity contribution in [2.24, 2.45) is 0 Å². The van der Waals surface area contributed by atoms with Gasteiger partial charge in [-0.25, -0.2) is 17.2 Å². The van der Waals surface area contributed by atoms with E-state index in [9.17, 15) is 35.2 Å². The number of anilines is 1. The second-order valence-corrected chi connectivity index (χ2v) is 9.61. The van der Waals surface area contributed by atoms with E-state index in [2.05, 4.69) is 10.3 Å². The number of rotatable bonds is 8. The summed E-state index contributed by atoms with van der Waals surface area (Å²) in [5, 5.41) is 2.44. The van der Waals surface area contributed by atoms with Crippen LogP contribution in [0, 0.1) is 11.6 Å². The van der Waals surface area contributed by atoms with E-state index in [0.29, 0.717) is 0 Å². The Labute approximate surface area is 202 Å². The van der Waals surface area contributed by atoms with Gasteiger partial charge in [-0.05, 0) is 49.2 Å². The number of oxazole rings is 1. The lowest BCUT2D eigenvalue weighted by atomic mass is 10.0. The van der Waals surface area contributed by atoms with Crippen LogP contribution < -0.4 is 14.8 Å². The summed E-state index contributed by atoms with van der Waals surface area (Å²) < 4.78 is 102. The number of aromatic nitrogens is 1. The lowest BCUT2D eigenvalue weighted by molar-refractivity contribution is -0.146. The Bertz CT molecular complexity index is 1350. The molecular weight excluding hydrogens is 513 g/mol. The third kappa shape index (κ3) is 6.71. The zero-order chi connectivity index (χ0) is 26.8. The zero-order valence-electron chi connectivity index (χ0n) is 19.0. The third-order valence-electron chi connectivity index (χ3n) is 4.97. The molecule has 0 fully saturated rings. The SMILES string of the molecule is CC(NC(=O)c1coc(Oc2cccc(C(C)C(F)(F)F)c2)n1)c1cc(F)c(NS(C)(=O)=O)c(F)c1. The van der Waals surface area contributed by atoms with Crippen LogP contribution in [0.15, 0.2) is 47.1 Å². The van der Waals surface area contributed by atoms with Crippen LogP contribution in [-0.2, 0) is 10.0 Å².